The molecule has 0 amide bonds. The summed E-state index contributed by atoms with van der Waals surface area (Å²) in [6, 6.07) is 6.08. The number of nitrogens with one attached hydrogen (secondary N) is 2. The van der Waals surface area contributed by atoms with E-state index in [4.69, 9.17) is 4.74 Å². The van der Waals surface area contributed by atoms with Gasteiger partial charge in [0.05, 0.1) is 18.8 Å². The molecule has 0 aliphatic heterocycles. The first-order chi connectivity index (χ1) is 12.1. The standard InChI is InChI=1S/C18H25FN4OS/c1-13-14(2)25-17(23-13)12-22-18(20-3)21-10-4-5-11-24-16-8-6-15(19)7-9-16/h6-9H,4-5,10-12H2,1-3H3,(H2,20,21,22). The fraction of sp³-hybridized carbons (Fsp3) is 0.444. The van der Waals surface area contributed by atoms with E-state index in [0.717, 1.165) is 36.0 Å². The van der Waals surface area contributed by atoms with E-state index >= 15 is 0 Å². The van der Waals surface area contributed by atoms with Gasteiger partial charge in [0.25, 0.3) is 0 Å². The number of aryl methyl sites for hydroxylation is 2. The second kappa shape index (κ2) is 9.98. The molecule has 0 bridgehead atoms. The molecule has 0 unspecified atom stereocenters. The van der Waals surface area contributed by atoms with Crippen LogP contribution in [-0.4, -0.2) is 31.1 Å². The SMILES string of the molecule is CN=C(NCCCCOc1ccc(F)cc1)NCc1nc(C)c(C)s1. The first-order valence-electron chi connectivity index (χ1n) is 8.34. The Morgan fingerprint density at radius 1 is 1.20 bits per heavy atom. The third-order valence-electron chi connectivity index (χ3n) is 3.65. The molecule has 5 nitrogen and oxygen atoms in total. The van der Waals surface area contributed by atoms with Gasteiger partial charge in [-0.2, -0.15) is 0 Å². The zero-order chi connectivity index (χ0) is 18.1. The van der Waals surface area contributed by atoms with Gasteiger partial charge in [0.15, 0.2) is 5.96 Å². The van der Waals surface area contributed by atoms with Gasteiger partial charge in [0.2, 0.25) is 0 Å². The molecular formula is C18H25FN4OS. The van der Waals surface area contributed by atoms with E-state index in [9.17, 15) is 4.39 Å². The lowest BCUT2D eigenvalue weighted by Gasteiger charge is -2.11. The summed E-state index contributed by atoms with van der Waals surface area (Å²) >= 11 is 1.70. The number of aliphatic imine (C=N–C) groups is 1. The normalized spacial score (nSPS) is 11.4. The molecule has 2 rings (SSSR count). The van der Waals surface area contributed by atoms with Crippen LogP contribution in [0.4, 0.5) is 4.39 Å². The maximum atomic E-state index is 12.8. The number of hydrogen-bond acceptors (Lipinski definition) is 4. The molecule has 0 saturated carbocycles. The van der Waals surface area contributed by atoms with Crippen LogP contribution in [0, 0.1) is 19.7 Å². The van der Waals surface area contributed by atoms with Gasteiger partial charge in [-0.05, 0) is 51.0 Å². The van der Waals surface area contributed by atoms with E-state index in [0.29, 0.717) is 18.9 Å². The highest BCUT2D eigenvalue weighted by Crippen LogP contribution is 2.15. The first kappa shape index (κ1) is 19.2. The molecule has 0 spiro atoms. The number of ether oxygens (including phenoxy) is 1. The molecule has 0 atom stereocenters. The molecule has 1 aromatic heterocycles. The van der Waals surface area contributed by atoms with Crippen LogP contribution in [0.2, 0.25) is 0 Å². The lowest BCUT2D eigenvalue weighted by atomic mass is 10.3. The van der Waals surface area contributed by atoms with Crippen LogP contribution in [0.25, 0.3) is 0 Å². The molecule has 2 aromatic rings. The Hall–Kier alpha value is -2.15. The molecule has 0 saturated heterocycles. The van der Waals surface area contributed by atoms with E-state index in [2.05, 4.69) is 27.5 Å². The predicted octanol–water partition coefficient (Wildman–Crippen LogP) is 3.42. The molecule has 0 aliphatic carbocycles. The van der Waals surface area contributed by atoms with Crippen molar-refractivity contribution in [3.05, 3.63) is 45.7 Å². The van der Waals surface area contributed by atoms with Crippen LogP contribution < -0.4 is 15.4 Å². The molecule has 1 aromatic carbocycles. The summed E-state index contributed by atoms with van der Waals surface area (Å²) in [4.78, 5) is 9.97. The number of benzene rings is 1. The van der Waals surface area contributed by atoms with Crippen molar-refractivity contribution in [2.24, 2.45) is 4.99 Å². The smallest absolute Gasteiger partial charge is 0.191 e. The minimum atomic E-state index is -0.251. The molecular weight excluding hydrogens is 339 g/mol. The van der Waals surface area contributed by atoms with E-state index in [1.807, 2.05) is 6.92 Å². The number of guanidine groups is 1. The largest absolute Gasteiger partial charge is 0.494 e. The Kier molecular flexibility index (Phi) is 7.66. The first-order valence-corrected chi connectivity index (χ1v) is 9.16. The summed E-state index contributed by atoms with van der Waals surface area (Å²) < 4.78 is 18.4. The van der Waals surface area contributed by atoms with Gasteiger partial charge in [-0.3, -0.25) is 4.99 Å². The molecule has 0 fully saturated rings. The zero-order valence-electron chi connectivity index (χ0n) is 14.9. The van der Waals surface area contributed by atoms with Crippen molar-refractivity contribution in [3.63, 3.8) is 0 Å². The fourth-order valence-electron chi connectivity index (χ4n) is 2.15. The Bertz CT molecular complexity index is 665. The lowest BCUT2D eigenvalue weighted by Crippen LogP contribution is -2.37. The summed E-state index contributed by atoms with van der Waals surface area (Å²) in [6.45, 7) is 6.19. The zero-order valence-corrected chi connectivity index (χ0v) is 15.8. The Labute approximate surface area is 152 Å². The van der Waals surface area contributed by atoms with E-state index < -0.39 is 0 Å². The lowest BCUT2D eigenvalue weighted by molar-refractivity contribution is 0.306. The molecule has 25 heavy (non-hydrogen) atoms. The Morgan fingerprint density at radius 3 is 2.60 bits per heavy atom. The predicted molar refractivity (Wildman–Crippen MR) is 101 cm³/mol. The second-order valence-corrected chi connectivity index (χ2v) is 6.90. The van der Waals surface area contributed by atoms with Gasteiger partial charge >= 0.3 is 0 Å². The Balaban J connectivity index is 1.58. The molecule has 2 N–H and O–H groups in total. The third-order valence-corrected chi connectivity index (χ3v) is 4.72. The van der Waals surface area contributed by atoms with Crippen LogP contribution in [-0.2, 0) is 6.54 Å². The van der Waals surface area contributed by atoms with Crippen LogP contribution in [0.15, 0.2) is 29.3 Å². The number of nitrogens with zero attached hydrogens (tertiary/aromatic N) is 2. The van der Waals surface area contributed by atoms with Crippen molar-refractivity contribution in [1.82, 2.24) is 15.6 Å². The van der Waals surface area contributed by atoms with Gasteiger partial charge in [-0.25, -0.2) is 9.37 Å². The van der Waals surface area contributed by atoms with Gasteiger partial charge in [-0.15, -0.1) is 11.3 Å². The summed E-state index contributed by atoms with van der Waals surface area (Å²) in [5, 5.41) is 7.61. The van der Waals surface area contributed by atoms with Crippen LogP contribution >= 0.6 is 11.3 Å². The number of hydrogen-bond donors (Lipinski definition) is 2. The van der Waals surface area contributed by atoms with Crippen LogP contribution in [0.1, 0.15) is 28.4 Å². The number of halogens is 1. The van der Waals surface area contributed by atoms with Crippen molar-refractivity contribution in [2.75, 3.05) is 20.2 Å². The van der Waals surface area contributed by atoms with E-state index in [1.165, 1.54) is 17.0 Å². The number of unbranched alkanes of at least 4 members (excludes halogenated alkanes) is 1. The molecule has 136 valence electrons. The molecule has 0 radical (unpaired) electrons. The minimum absolute atomic E-state index is 0.251. The van der Waals surface area contributed by atoms with Gasteiger partial charge in [-0.1, -0.05) is 0 Å². The summed E-state index contributed by atoms with van der Waals surface area (Å²) in [5.74, 6) is 1.21. The highest BCUT2D eigenvalue weighted by Gasteiger charge is 2.04. The van der Waals surface area contributed by atoms with Crippen molar-refractivity contribution >= 4 is 17.3 Å². The van der Waals surface area contributed by atoms with Crippen molar-refractivity contribution < 1.29 is 9.13 Å². The van der Waals surface area contributed by atoms with Gasteiger partial charge < -0.3 is 15.4 Å². The third kappa shape index (κ3) is 6.70. The van der Waals surface area contributed by atoms with Crippen LogP contribution in [0.5, 0.6) is 5.75 Å². The van der Waals surface area contributed by atoms with Crippen LogP contribution in [0.3, 0.4) is 0 Å². The number of rotatable bonds is 8. The average Bonchev–Trinajstić information content (AvgIpc) is 2.93. The quantitative estimate of drug-likeness (QED) is 0.428. The summed E-state index contributed by atoms with van der Waals surface area (Å²) in [6.07, 6.45) is 1.86. The van der Waals surface area contributed by atoms with E-state index in [1.54, 1.807) is 30.5 Å². The monoisotopic (exact) mass is 364 g/mol. The van der Waals surface area contributed by atoms with Crippen molar-refractivity contribution in [1.29, 1.82) is 0 Å². The van der Waals surface area contributed by atoms with Crippen molar-refractivity contribution in [3.8, 4) is 5.75 Å². The molecule has 0 aliphatic rings. The number of thiazole rings is 1. The topological polar surface area (TPSA) is 58.5 Å². The van der Waals surface area contributed by atoms with Gasteiger partial charge in [0, 0.05) is 18.5 Å². The molecule has 7 heteroatoms. The van der Waals surface area contributed by atoms with Crippen molar-refractivity contribution in [2.45, 2.75) is 33.2 Å². The Morgan fingerprint density at radius 2 is 1.96 bits per heavy atom. The second-order valence-electron chi connectivity index (χ2n) is 5.61. The maximum Gasteiger partial charge on any atom is 0.191 e. The average molecular weight is 364 g/mol. The number of aromatic nitrogens is 1. The fourth-order valence-corrected chi connectivity index (χ4v) is 3.02. The summed E-state index contributed by atoms with van der Waals surface area (Å²) in [5.41, 5.74) is 1.09. The van der Waals surface area contributed by atoms with E-state index in [-0.39, 0.29) is 5.82 Å². The van der Waals surface area contributed by atoms with Gasteiger partial charge in [0.1, 0.15) is 16.6 Å². The highest BCUT2D eigenvalue weighted by atomic mass is 32.1. The maximum absolute atomic E-state index is 12.8. The summed E-state index contributed by atoms with van der Waals surface area (Å²) in [7, 11) is 1.76. The minimum Gasteiger partial charge on any atom is -0.494 e. The highest BCUT2D eigenvalue weighted by molar-refractivity contribution is 7.11. The molecule has 1 heterocycles.